The molecule has 196 valence electrons. The van der Waals surface area contributed by atoms with Crippen LogP contribution in [0.2, 0.25) is 0 Å². The second kappa shape index (κ2) is 9.40. The number of nitrogens with zero attached hydrogens (tertiary/aromatic N) is 8. The molecule has 0 radical (unpaired) electrons. The van der Waals surface area contributed by atoms with Gasteiger partial charge in [-0.25, -0.2) is 4.52 Å². The highest BCUT2D eigenvalue weighted by Crippen LogP contribution is 2.37. The Morgan fingerprint density at radius 2 is 1.72 bits per heavy atom. The number of rotatable bonds is 6. The summed E-state index contributed by atoms with van der Waals surface area (Å²) in [4.78, 5) is 18.5. The van der Waals surface area contributed by atoms with Crippen LogP contribution in [0.1, 0.15) is 24.4 Å². The Kier molecular flexibility index (Phi) is 5.71. The van der Waals surface area contributed by atoms with Crippen LogP contribution >= 0.6 is 0 Å². The van der Waals surface area contributed by atoms with E-state index in [4.69, 9.17) is 0 Å². The van der Waals surface area contributed by atoms with Crippen LogP contribution in [-0.2, 0) is 4.79 Å². The van der Waals surface area contributed by atoms with E-state index >= 15 is 0 Å². The van der Waals surface area contributed by atoms with Gasteiger partial charge in [0.15, 0.2) is 0 Å². The highest BCUT2D eigenvalue weighted by molar-refractivity contribution is 5.88. The maximum absolute atomic E-state index is 11.8. The van der Waals surface area contributed by atoms with Gasteiger partial charge in [0.25, 0.3) is 0 Å². The first-order valence-corrected chi connectivity index (χ1v) is 13.6. The molecule has 1 amide bonds. The summed E-state index contributed by atoms with van der Waals surface area (Å²) in [6.07, 6.45) is 11.4. The molecule has 39 heavy (non-hydrogen) atoms. The predicted octanol–water partition coefficient (Wildman–Crippen LogP) is 3.59. The summed E-state index contributed by atoms with van der Waals surface area (Å²) < 4.78 is 3.87. The quantitative estimate of drug-likeness (QED) is 0.363. The van der Waals surface area contributed by atoms with E-state index < -0.39 is 0 Å². The van der Waals surface area contributed by atoms with Crippen LogP contribution in [0.25, 0.3) is 27.8 Å². The molecule has 1 aliphatic carbocycles. The van der Waals surface area contributed by atoms with Crippen LogP contribution in [0.15, 0.2) is 67.8 Å². The lowest BCUT2D eigenvalue weighted by Crippen LogP contribution is -2.64. The van der Waals surface area contributed by atoms with Crippen molar-refractivity contribution in [1.29, 1.82) is 5.26 Å². The molecule has 3 fully saturated rings. The number of piperazine rings is 1. The number of hydrogen-bond acceptors (Lipinski definition) is 6. The van der Waals surface area contributed by atoms with Gasteiger partial charge in [-0.1, -0.05) is 18.7 Å². The van der Waals surface area contributed by atoms with E-state index in [1.165, 1.54) is 24.6 Å². The van der Waals surface area contributed by atoms with E-state index in [0.717, 1.165) is 67.0 Å². The van der Waals surface area contributed by atoms with Crippen molar-refractivity contribution in [1.82, 2.24) is 29.2 Å². The van der Waals surface area contributed by atoms with Crippen molar-refractivity contribution in [2.75, 3.05) is 44.2 Å². The lowest BCUT2D eigenvalue weighted by atomic mass is 9.99. The molecule has 1 saturated carbocycles. The van der Waals surface area contributed by atoms with Crippen LogP contribution in [0.5, 0.6) is 0 Å². The normalized spacial score (nSPS) is 18.2. The maximum Gasteiger partial charge on any atom is 0.246 e. The summed E-state index contributed by atoms with van der Waals surface area (Å²) >= 11 is 0. The lowest BCUT2D eigenvalue weighted by molar-refractivity contribution is -0.133. The summed E-state index contributed by atoms with van der Waals surface area (Å²) in [7, 11) is 0. The first-order chi connectivity index (χ1) is 19.1. The third kappa shape index (κ3) is 4.27. The van der Waals surface area contributed by atoms with Crippen molar-refractivity contribution in [2.45, 2.75) is 24.9 Å². The third-order valence-corrected chi connectivity index (χ3v) is 8.31. The molecular weight excluding hydrogens is 488 g/mol. The zero-order valence-corrected chi connectivity index (χ0v) is 21.8. The van der Waals surface area contributed by atoms with Crippen molar-refractivity contribution in [3.05, 3.63) is 73.3 Å². The lowest BCUT2D eigenvalue weighted by Gasteiger charge is -2.48. The number of fused-ring (bicyclic) bond motifs is 1. The van der Waals surface area contributed by atoms with E-state index in [-0.39, 0.29) is 5.91 Å². The number of aromatic nitrogens is 4. The van der Waals surface area contributed by atoms with Crippen LogP contribution < -0.4 is 4.90 Å². The monoisotopic (exact) mass is 518 g/mol. The van der Waals surface area contributed by atoms with Gasteiger partial charge in [-0.15, -0.1) is 0 Å². The Morgan fingerprint density at radius 3 is 2.41 bits per heavy atom. The summed E-state index contributed by atoms with van der Waals surface area (Å²) in [5.41, 5.74) is 6.70. The minimum absolute atomic E-state index is 0.0268. The van der Waals surface area contributed by atoms with E-state index in [1.54, 1.807) is 6.20 Å². The van der Waals surface area contributed by atoms with Crippen molar-refractivity contribution in [2.24, 2.45) is 0 Å². The van der Waals surface area contributed by atoms with Gasteiger partial charge >= 0.3 is 0 Å². The first kappa shape index (κ1) is 23.7. The van der Waals surface area contributed by atoms with E-state index in [9.17, 15) is 10.1 Å². The molecule has 2 saturated heterocycles. The number of nitriles is 1. The molecule has 2 aliphatic heterocycles. The van der Waals surface area contributed by atoms with Gasteiger partial charge < -0.3 is 9.80 Å². The van der Waals surface area contributed by atoms with Gasteiger partial charge in [0.2, 0.25) is 5.91 Å². The molecule has 4 aromatic rings. The number of likely N-dealkylation sites (tertiary alicyclic amines) is 1. The fraction of sp³-hybridized carbons (Fsp3) is 0.333. The molecule has 5 heterocycles. The molecule has 9 nitrogen and oxygen atoms in total. The van der Waals surface area contributed by atoms with Crippen molar-refractivity contribution < 1.29 is 4.79 Å². The van der Waals surface area contributed by atoms with Gasteiger partial charge in [-0.2, -0.15) is 15.5 Å². The summed E-state index contributed by atoms with van der Waals surface area (Å²) in [6.45, 7) is 9.07. The number of carbonyl (C=O) groups excluding carboxylic acids is 1. The topological polar surface area (TPSA) is 85.7 Å². The van der Waals surface area contributed by atoms with Crippen LogP contribution in [0.4, 0.5) is 5.69 Å². The van der Waals surface area contributed by atoms with E-state index in [0.29, 0.717) is 17.6 Å². The second-order valence-electron chi connectivity index (χ2n) is 10.7. The molecule has 0 bridgehead atoms. The first-order valence-electron chi connectivity index (χ1n) is 13.6. The smallest absolute Gasteiger partial charge is 0.246 e. The predicted molar refractivity (Wildman–Crippen MR) is 149 cm³/mol. The van der Waals surface area contributed by atoms with Crippen LogP contribution in [-0.4, -0.2) is 80.4 Å². The van der Waals surface area contributed by atoms with Crippen LogP contribution in [0, 0.1) is 11.3 Å². The molecular formula is C30H30N8O. The average molecular weight is 519 g/mol. The Hall–Kier alpha value is -4.42. The molecule has 9 heteroatoms. The Bertz CT molecular complexity index is 1590. The standard InChI is InChI=1S/C30H30N8O/c1-2-29(39)36-19-27(20-36)35-11-9-34(10-12-35)25-5-3-21(4-6-25)28-13-22(17-38-30(28)23(14-31)15-33-38)24-16-32-37(18-24)26-7-8-26/h2-6,13,15-18,26-27H,1,7-12,19-20H2. The zero-order valence-electron chi connectivity index (χ0n) is 21.8. The maximum atomic E-state index is 11.8. The zero-order chi connectivity index (χ0) is 26.5. The molecule has 7 rings (SSSR count). The number of pyridine rings is 1. The Morgan fingerprint density at radius 1 is 0.949 bits per heavy atom. The molecule has 1 aromatic carbocycles. The van der Waals surface area contributed by atoms with Crippen molar-refractivity contribution in [3.8, 4) is 28.3 Å². The minimum atomic E-state index is 0.0268. The highest BCUT2D eigenvalue weighted by Gasteiger charge is 2.35. The molecule has 0 unspecified atom stereocenters. The van der Waals surface area contributed by atoms with Gasteiger partial charge in [0.05, 0.1) is 29.5 Å². The van der Waals surface area contributed by atoms with Crippen LogP contribution in [0.3, 0.4) is 0 Å². The Labute approximate surface area is 227 Å². The molecule has 0 N–H and O–H groups in total. The largest absolute Gasteiger partial charge is 0.369 e. The average Bonchev–Trinajstić information content (AvgIpc) is 3.53. The van der Waals surface area contributed by atoms with Gasteiger partial charge in [0, 0.05) is 80.1 Å². The molecule has 3 aliphatic rings. The summed E-state index contributed by atoms with van der Waals surface area (Å²) in [6, 6.07) is 14.1. The third-order valence-electron chi connectivity index (χ3n) is 8.31. The summed E-state index contributed by atoms with van der Waals surface area (Å²) in [5.74, 6) is 0.0268. The fourth-order valence-corrected chi connectivity index (χ4v) is 5.80. The van der Waals surface area contributed by atoms with Gasteiger partial charge in [-0.3, -0.25) is 14.4 Å². The number of anilines is 1. The summed E-state index contributed by atoms with van der Waals surface area (Å²) in [5, 5.41) is 18.8. The highest BCUT2D eigenvalue weighted by atomic mass is 16.2. The van der Waals surface area contributed by atoms with Gasteiger partial charge in [0.1, 0.15) is 6.07 Å². The molecule has 3 aromatic heterocycles. The molecule has 0 spiro atoms. The SMILES string of the molecule is C=CC(=O)N1CC(N2CCN(c3ccc(-c4cc(-c5cnn(C6CC6)c5)cn5ncc(C#N)c45)cc3)CC2)C1. The van der Waals surface area contributed by atoms with E-state index in [1.807, 2.05) is 21.8 Å². The van der Waals surface area contributed by atoms with Gasteiger partial charge in [-0.05, 0) is 42.7 Å². The number of hydrogen-bond donors (Lipinski definition) is 0. The van der Waals surface area contributed by atoms with E-state index in [2.05, 4.69) is 73.9 Å². The van der Waals surface area contributed by atoms with Crippen molar-refractivity contribution in [3.63, 3.8) is 0 Å². The second-order valence-corrected chi connectivity index (χ2v) is 10.7. The fourth-order valence-electron chi connectivity index (χ4n) is 5.80. The molecule has 0 atom stereocenters. The van der Waals surface area contributed by atoms with Crippen molar-refractivity contribution >= 4 is 17.1 Å². The Balaban J connectivity index is 1.11. The number of carbonyl (C=O) groups is 1. The minimum Gasteiger partial charge on any atom is -0.369 e. The number of amides is 1. The number of benzene rings is 1.